The van der Waals surface area contributed by atoms with Crippen LogP contribution in [-0.4, -0.2) is 44.7 Å². The number of aromatic nitrogens is 4. The van der Waals surface area contributed by atoms with Gasteiger partial charge in [0.25, 0.3) is 15.9 Å². The maximum Gasteiger partial charge on any atom is 0.271 e. The fourth-order valence-corrected chi connectivity index (χ4v) is 5.51. The zero-order valence-electron chi connectivity index (χ0n) is 13.0. The number of para-hydroxylation sites is 1. The first kappa shape index (κ1) is 17.0. The van der Waals surface area contributed by atoms with Crippen molar-refractivity contribution in [2.24, 2.45) is 0 Å². The number of halogens is 1. The van der Waals surface area contributed by atoms with E-state index in [-0.39, 0.29) is 21.4 Å². The van der Waals surface area contributed by atoms with Gasteiger partial charge < -0.3 is 0 Å². The van der Waals surface area contributed by atoms with Crippen molar-refractivity contribution in [2.45, 2.75) is 10.1 Å². The van der Waals surface area contributed by atoms with E-state index in [0.717, 1.165) is 21.8 Å². The molecule has 1 aliphatic heterocycles. The highest BCUT2D eigenvalue weighted by atomic mass is 35.5. The second-order valence-corrected chi connectivity index (χ2v) is 8.40. The monoisotopic (exact) mass is 407 g/mol. The van der Waals surface area contributed by atoms with Gasteiger partial charge in [-0.05, 0) is 34.7 Å². The van der Waals surface area contributed by atoms with Crippen LogP contribution < -0.4 is 0 Å². The lowest BCUT2D eigenvalue weighted by Crippen LogP contribution is -2.29. The van der Waals surface area contributed by atoms with Gasteiger partial charge in [0.1, 0.15) is 4.90 Å². The normalized spacial score (nSPS) is 15.3. The van der Waals surface area contributed by atoms with Crippen LogP contribution in [0.3, 0.4) is 0 Å². The fraction of sp³-hybridized carbons (Fsp3) is 0.0667. The minimum absolute atomic E-state index is 0.00239. The maximum atomic E-state index is 12.6. The van der Waals surface area contributed by atoms with Crippen LogP contribution in [0, 0.1) is 0 Å². The van der Waals surface area contributed by atoms with E-state index < -0.39 is 15.9 Å². The minimum atomic E-state index is -3.95. The molecule has 0 radical (unpaired) electrons. The van der Waals surface area contributed by atoms with Crippen molar-refractivity contribution in [3.05, 3.63) is 59.1 Å². The molecule has 4 rings (SSSR count). The molecule has 0 saturated carbocycles. The Bertz CT molecular complexity index is 1100. The van der Waals surface area contributed by atoms with Crippen LogP contribution in [-0.2, 0) is 10.0 Å². The van der Waals surface area contributed by atoms with Crippen LogP contribution in [0.5, 0.6) is 0 Å². The lowest BCUT2D eigenvalue weighted by molar-refractivity contribution is 0.0887. The van der Waals surface area contributed by atoms with Crippen molar-refractivity contribution in [1.82, 2.24) is 24.5 Å². The number of hydrogen-bond donors (Lipinski definition) is 0. The molecule has 0 spiro atoms. The number of sulfonamides is 1. The van der Waals surface area contributed by atoms with Gasteiger partial charge >= 0.3 is 0 Å². The first-order valence-electron chi connectivity index (χ1n) is 7.32. The maximum absolute atomic E-state index is 12.6. The minimum Gasteiger partial charge on any atom is -0.268 e. The molecule has 0 atom stereocenters. The summed E-state index contributed by atoms with van der Waals surface area (Å²) in [6.07, 6.45) is 0. The zero-order chi connectivity index (χ0) is 18.3. The molecule has 3 aromatic rings. The quantitative estimate of drug-likeness (QED) is 0.611. The predicted octanol–water partition coefficient (Wildman–Crippen LogP) is 2.21. The summed E-state index contributed by atoms with van der Waals surface area (Å²) in [4.78, 5) is 12.5. The largest absolute Gasteiger partial charge is 0.271 e. The number of thioether (sulfide) groups is 1. The van der Waals surface area contributed by atoms with Crippen molar-refractivity contribution in [3.63, 3.8) is 0 Å². The van der Waals surface area contributed by atoms with E-state index in [1.165, 1.54) is 22.9 Å². The Balaban J connectivity index is 1.62. The Kier molecular flexibility index (Phi) is 4.17. The van der Waals surface area contributed by atoms with Gasteiger partial charge in [0, 0.05) is 0 Å². The third-order valence-electron chi connectivity index (χ3n) is 3.74. The zero-order valence-corrected chi connectivity index (χ0v) is 15.4. The molecule has 8 nitrogen and oxygen atoms in total. The Labute approximate surface area is 157 Å². The highest BCUT2D eigenvalue weighted by molar-refractivity contribution is 8.00. The van der Waals surface area contributed by atoms with Crippen LogP contribution in [0.4, 0.5) is 0 Å². The van der Waals surface area contributed by atoms with Gasteiger partial charge in [-0.1, -0.05) is 47.6 Å². The van der Waals surface area contributed by atoms with Crippen molar-refractivity contribution in [1.29, 1.82) is 0 Å². The molecule has 0 fully saturated rings. The first-order chi connectivity index (χ1) is 12.5. The van der Waals surface area contributed by atoms with E-state index >= 15 is 0 Å². The van der Waals surface area contributed by atoms with Gasteiger partial charge in [-0.3, -0.25) is 4.79 Å². The van der Waals surface area contributed by atoms with E-state index in [9.17, 15) is 13.2 Å². The molecule has 0 bridgehead atoms. The van der Waals surface area contributed by atoms with Gasteiger partial charge in [0.2, 0.25) is 5.16 Å². The molecular formula is C15H10ClN5O3S2. The second kappa shape index (κ2) is 6.38. The van der Waals surface area contributed by atoms with Crippen molar-refractivity contribution < 1.29 is 13.2 Å². The molecular weight excluding hydrogens is 398 g/mol. The second-order valence-electron chi connectivity index (χ2n) is 5.25. The average Bonchev–Trinajstić information content (AvgIpc) is 3.17. The van der Waals surface area contributed by atoms with Crippen LogP contribution >= 0.6 is 23.4 Å². The number of nitrogens with zero attached hydrogens (tertiary/aromatic N) is 5. The van der Waals surface area contributed by atoms with Crippen LogP contribution in [0.2, 0.25) is 5.02 Å². The average molecular weight is 408 g/mol. The summed E-state index contributed by atoms with van der Waals surface area (Å²) in [5.41, 5.74) is 0.722. The van der Waals surface area contributed by atoms with Crippen molar-refractivity contribution in [2.75, 3.05) is 5.88 Å². The highest BCUT2D eigenvalue weighted by Crippen LogP contribution is 2.36. The third-order valence-corrected chi connectivity index (χ3v) is 6.89. The molecule has 2 aromatic carbocycles. The molecule has 26 heavy (non-hydrogen) atoms. The summed E-state index contributed by atoms with van der Waals surface area (Å²) in [7, 11) is -3.95. The van der Waals surface area contributed by atoms with Gasteiger partial charge in [-0.15, -0.1) is 5.10 Å². The standard InChI is InChI=1S/C15H10ClN5O3S2/c16-11-7-4-8-12-13(11)14(22)20(26(12,23)24)9-25-15-17-18-19-21(15)10-5-2-1-3-6-10/h1-8H,9H2. The van der Waals surface area contributed by atoms with Crippen molar-refractivity contribution >= 4 is 39.3 Å². The molecule has 1 aromatic heterocycles. The summed E-state index contributed by atoms with van der Waals surface area (Å²) in [6, 6.07) is 13.5. The summed E-state index contributed by atoms with van der Waals surface area (Å²) in [5, 5.41) is 11.9. The highest BCUT2D eigenvalue weighted by Gasteiger charge is 2.42. The summed E-state index contributed by atoms with van der Waals surface area (Å²) >= 11 is 7.04. The van der Waals surface area contributed by atoms with Crippen molar-refractivity contribution in [3.8, 4) is 5.69 Å². The van der Waals surface area contributed by atoms with Gasteiger partial charge in [0.15, 0.2) is 0 Å². The molecule has 0 aliphatic carbocycles. The topological polar surface area (TPSA) is 98.1 Å². The molecule has 2 heterocycles. The van der Waals surface area contributed by atoms with Crippen LogP contribution in [0.15, 0.2) is 58.6 Å². The third kappa shape index (κ3) is 2.66. The van der Waals surface area contributed by atoms with E-state index in [0.29, 0.717) is 5.16 Å². The molecule has 1 amide bonds. The smallest absolute Gasteiger partial charge is 0.268 e. The molecule has 0 N–H and O–H groups in total. The summed E-state index contributed by atoms with van der Waals surface area (Å²) < 4.78 is 27.5. The lowest BCUT2D eigenvalue weighted by atomic mass is 10.2. The van der Waals surface area contributed by atoms with Gasteiger partial charge in [-0.25, -0.2) is 12.7 Å². The number of rotatable bonds is 4. The summed E-state index contributed by atoms with van der Waals surface area (Å²) in [6.45, 7) is 0. The number of hydrogen-bond acceptors (Lipinski definition) is 7. The molecule has 0 saturated heterocycles. The molecule has 132 valence electrons. The van der Waals surface area contributed by atoms with Gasteiger partial charge in [-0.2, -0.15) is 4.68 Å². The Morgan fingerprint density at radius 3 is 2.58 bits per heavy atom. The Morgan fingerprint density at radius 2 is 1.85 bits per heavy atom. The van der Waals surface area contributed by atoms with Crippen LogP contribution in [0.25, 0.3) is 5.69 Å². The first-order valence-corrected chi connectivity index (χ1v) is 10.1. The number of carbonyl (C=O) groups excluding carboxylic acids is 1. The molecule has 0 unspecified atom stereocenters. The Hall–Kier alpha value is -2.43. The molecule has 1 aliphatic rings. The number of benzene rings is 2. The van der Waals surface area contributed by atoms with E-state index in [1.807, 2.05) is 30.3 Å². The summed E-state index contributed by atoms with van der Waals surface area (Å²) in [5.74, 6) is -0.823. The number of amides is 1. The molecule has 11 heteroatoms. The lowest BCUT2D eigenvalue weighted by Gasteiger charge is -2.14. The Morgan fingerprint density at radius 1 is 1.08 bits per heavy atom. The van der Waals surface area contributed by atoms with E-state index in [1.54, 1.807) is 0 Å². The fourth-order valence-electron chi connectivity index (χ4n) is 2.52. The predicted molar refractivity (Wildman–Crippen MR) is 94.7 cm³/mol. The number of fused-ring (bicyclic) bond motifs is 1. The number of tetrazole rings is 1. The number of carbonyl (C=O) groups is 1. The van der Waals surface area contributed by atoms with E-state index in [4.69, 9.17) is 11.6 Å². The van der Waals surface area contributed by atoms with Gasteiger partial charge in [0.05, 0.1) is 22.2 Å². The SMILES string of the molecule is O=C1c2c(Cl)cccc2S(=O)(=O)N1CSc1nnnn1-c1ccccc1. The van der Waals surface area contributed by atoms with E-state index in [2.05, 4.69) is 15.5 Å². The van der Waals surface area contributed by atoms with Crippen LogP contribution in [0.1, 0.15) is 10.4 Å².